The molecule has 6 nitrogen and oxygen atoms in total. The summed E-state index contributed by atoms with van der Waals surface area (Å²) in [4.78, 5) is 4.51. The van der Waals surface area contributed by atoms with Crippen LogP contribution in [0.4, 0.5) is 8.78 Å². The van der Waals surface area contributed by atoms with E-state index in [1.165, 1.54) is 11.8 Å². The molecule has 9 heteroatoms. The van der Waals surface area contributed by atoms with Gasteiger partial charge < -0.3 is 14.2 Å². The third kappa shape index (κ3) is 5.01. The van der Waals surface area contributed by atoms with E-state index >= 15 is 0 Å². The molecule has 1 aliphatic heterocycles. The molecule has 0 spiro atoms. The van der Waals surface area contributed by atoms with E-state index in [9.17, 15) is 8.78 Å². The molecule has 1 aliphatic rings. The van der Waals surface area contributed by atoms with Crippen molar-refractivity contribution in [3.8, 4) is 17.2 Å². The van der Waals surface area contributed by atoms with Gasteiger partial charge in [0.15, 0.2) is 17.3 Å². The van der Waals surface area contributed by atoms with E-state index < -0.39 is 11.8 Å². The van der Waals surface area contributed by atoms with Crippen molar-refractivity contribution in [2.75, 3.05) is 38.9 Å². The number of halogens is 2. The number of hydrogen-bond donors (Lipinski definition) is 0. The topological polar surface area (TPSA) is 58.4 Å². The van der Waals surface area contributed by atoms with Crippen LogP contribution in [0.1, 0.15) is 37.3 Å². The quantitative estimate of drug-likeness (QED) is 0.562. The Morgan fingerprint density at radius 3 is 2.76 bits per heavy atom. The van der Waals surface area contributed by atoms with Crippen LogP contribution in [-0.2, 0) is 11.2 Å². The first kappa shape index (κ1) is 21.8. The summed E-state index contributed by atoms with van der Waals surface area (Å²) in [6.45, 7) is 2.08. The number of hydrogen-bond acceptors (Lipinski definition) is 6. The molecular formula is C20H27F2N3O3S. The maximum absolute atomic E-state index is 14.7. The van der Waals surface area contributed by atoms with Crippen LogP contribution >= 0.6 is 11.8 Å². The van der Waals surface area contributed by atoms with Crippen molar-refractivity contribution in [1.29, 1.82) is 0 Å². The van der Waals surface area contributed by atoms with Crippen LogP contribution in [0.5, 0.6) is 11.5 Å². The van der Waals surface area contributed by atoms with Crippen molar-refractivity contribution < 1.29 is 23.0 Å². The Balaban J connectivity index is 1.98. The Hall–Kier alpha value is -1.87. The summed E-state index contributed by atoms with van der Waals surface area (Å²) in [6, 6.07) is 5.21. The Morgan fingerprint density at radius 1 is 1.28 bits per heavy atom. The fourth-order valence-corrected chi connectivity index (χ4v) is 3.93. The highest BCUT2D eigenvalue weighted by atomic mass is 32.2. The Labute approximate surface area is 173 Å². The number of aryl methyl sites for hydroxylation is 1. The van der Waals surface area contributed by atoms with E-state index in [1.807, 2.05) is 11.8 Å². The van der Waals surface area contributed by atoms with E-state index in [0.29, 0.717) is 29.4 Å². The predicted molar refractivity (Wildman–Crippen MR) is 109 cm³/mol. The normalized spacial score (nSPS) is 18.6. The fourth-order valence-electron chi connectivity index (χ4n) is 3.29. The summed E-state index contributed by atoms with van der Waals surface area (Å²) in [5.74, 6) is -0.165. The standard InChI is InChI=1S/C20H27F2N3O3S/c1-4-29-11-5-6-18-23-19(15-13-28-10-9-20(15,21)22)25(24-18)14-7-8-16(26-2)17(12-14)27-3/h7-8,12,15H,4-6,9-11,13H2,1-3H3. The molecule has 2 heterocycles. The van der Waals surface area contributed by atoms with Gasteiger partial charge in [-0.2, -0.15) is 16.9 Å². The van der Waals surface area contributed by atoms with Gasteiger partial charge in [-0.1, -0.05) is 6.92 Å². The molecule has 0 aliphatic carbocycles. The van der Waals surface area contributed by atoms with Gasteiger partial charge in [-0.15, -0.1) is 0 Å². The van der Waals surface area contributed by atoms with Crippen molar-refractivity contribution in [2.24, 2.45) is 0 Å². The van der Waals surface area contributed by atoms with Crippen LogP contribution in [0.25, 0.3) is 5.69 Å². The van der Waals surface area contributed by atoms with E-state index in [-0.39, 0.29) is 25.5 Å². The van der Waals surface area contributed by atoms with Crippen LogP contribution in [0.15, 0.2) is 18.2 Å². The van der Waals surface area contributed by atoms with Crippen molar-refractivity contribution in [3.63, 3.8) is 0 Å². The van der Waals surface area contributed by atoms with E-state index in [2.05, 4.69) is 17.0 Å². The number of alkyl halides is 2. The molecule has 2 aromatic rings. The lowest BCUT2D eigenvalue weighted by atomic mass is 9.96. The Kier molecular flexibility index (Phi) is 7.34. The first-order valence-electron chi connectivity index (χ1n) is 9.71. The van der Waals surface area contributed by atoms with Crippen LogP contribution in [0, 0.1) is 0 Å². The zero-order chi connectivity index (χ0) is 20.9. The van der Waals surface area contributed by atoms with Crippen molar-refractivity contribution >= 4 is 11.8 Å². The van der Waals surface area contributed by atoms with Gasteiger partial charge in [-0.3, -0.25) is 0 Å². The molecule has 0 bridgehead atoms. The number of methoxy groups -OCH3 is 2. The molecule has 0 saturated carbocycles. The number of nitrogens with zero attached hydrogens (tertiary/aromatic N) is 3. The highest BCUT2D eigenvalue weighted by Gasteiger charge is 2.46. The summed E-state index contributed by atoms with van der Waals surface area (Å²) in [7, 11) is 3.08. The van der Waals surface area contributed by atoms with Crippen LogP contribution in [0.3, 0.4) is 0 Å². The first-order chi connectivity index (χ1) is 14.0. The summed E-state index contributed by atoms with van der Waals surface area (Å²) < 4.78 is 46.8. The van der Waals surface area contributed by atoms with E-state index in [4.69, 9.17) is 14.2 Å². The van der Waals surface area contributed by atoms with Crippen molar-refractivity contribution in [2.45, 2.75) is 38.0 Å². The predicted octanol–water partition coefficient (Wildman–Crippen LogP) is 4.11. The lowest BCUT2D eigenvalue weighted by molar-refractivity contribution is -0.114. The van der Waals surface area contributed by atoms with Gasteiger partial charge in [0.1, 0.15) is 11.7 Å². The highest BCUT2D eigenvalue weighted by molar-refractivity contribution is 7.99. The van der Waals surface area contributed by atoms with Gasteiger partial charge in [0.2, 0.25) is 0 Å². The van der Waals surface area contributed by atoms with Gasteiger partial charge in [0, 0.05) is 18.9 Å². The third-order valence-corrected chi connectivity index (χ3v) is 5.85. The van der Waals surface area contributed by atoms with Gasteiger partial charge in [-0.25, -0.2) is 18.4 Å². The number of rotatable bonds is 9. The summed E-state index contributed by atoms with van der Waals surface area (Å²) in [6.07, 6.45) is 1.21. The van der Waals surface area contributed by atoms with Crippen molar-refractivity contribution in [1.82, 2.24) is 14.8 Å². The minimum Gasteiger partial charge on any atom is -0.493 e. The fraction of sp³-hybridized carbons (Fsp3) is 0.600. The smallest absolute Gasteiger partial charge is 0.262 e. The van der Waals surface area contributed by atoms with Gasteiger partial charge >= 0.3 is 0 Å². The maximum atomic E-state index is 14.7. The largest absolute Gasteiger partial charge is 0.493 e. The Bertz CT molecular complexity index is 816. The van der Waals surface area contributed by atoms with E-state index in [0.717, 1.165) is 17.9 Å². The minimum atomic E-state index is -2.89. The highest BCUT2D eigenvalue weighted by Crippen LogP contribution is 2.40. The Morgan fingerprint density at radius 2 is 2.07 bits per heavy atom. The lowest BCUT2D eigenvalue weighted by Crippen LogP contribution is -2.37. The average molecular weight is 428 g/mol. The zero-order valence-corrected chi connectivity index (χ0v) is 17.8. The summed E-state index contributed by atoms with van der Waals surface area (Å²) in [5, 5.41) is 4.56. The molecule has 0 N–H and O–H groups in total. The van der Waals surface area contributed by atoms with Crippen molar-refractivity contribution in [3.05, 3.63) is 29.8 Å². The molecule has 1 aromatic heterocycles. The van der Waals surface area contributed by atoms with Gasteiger partial charge in [0.25, 0.3) is 5.92 Å². The molecular weight excluding hydrogens is 400 g/mol. The second kappa shape index (κ2) is 9.75. The molecule has 0 amide bonds. The SMILES string of the molecule is CCSCCCc1nc(C2COCCC2(F)F)n(-c2ccc(OC)c(OC)c2)n1. The second-order valence-electron chi connectivity index (χ2n) is 6.78. The number of benzene rings is 1. The first-order valence-corrected chi connectivity index (χ1v) is 10.9. The van der Waals surface area contributed by atoms with Crippen LogP contribution < -0.4 is 9.47 Å². The summed E-state index contributed by atoms with van der Waals surface area (Å²) >= 11 is 1.84. The maximum Gasteiger partial charge on any atom is 0.262 e. The molecule has 1 atom stereocenters. The second-order valence-corrected chi connectivity index (χ2v) is 8.17. The van der Waals surface area contributed by atoms with E-state index in [1.54, 1.807) is 25.3 Å². The summed E-state index contributed by atoms with van der Waals surface area (Å²) in [5.41, 5.74) is 0.598. The molecule has 29 heavy (non-hydrogen) atoms. The molecule has 1 aromatic carbocycles. The molecule has 1 unspecified atom stereocenters. The number of aromatic nitrogens is 3. The van der Waals surface area contributed by atoms with Gasteiger partial charge in [-0.05, 0) is 30.1 Å². The number of thioether (sulfide) groups is 1. The zero-order valence-electron chi connectivity index (χ0n) is 17.0. The lowest BCUT2D eigenvalue weighted by Gasteiger charge is -2.30. The number of ether oxygens (including phenoxy) is 3. The monoisotopic (exact) mass is 427 g/mol. The molecule has 1 fully saturated rings. The molecule has 160 valence electrons. The van der Waals surface area contributed by atoms with Crippen LogP contribution in [0.2, 0.25) is 0 Å². The molecule has 0 radical (unpaired) electrons. The van der Waals surface area contributed by atoms with Gasteiger partial charge in [0.05, 0.1) is 33.1 Å². The molecule has 3 rings (SSSR count). The third-order valence-electron chi connectivity index (χ3n) is 4.87. The average Bonchev–Trinajstić information content (AvgIpc) is 3.14. The minimum absolute atomic E-state index is 0.0507. The van der Waals surface area contributed by atoms with Crippen LogP contribution in [-0.4, -0.2) is 59.6 Å². The molecule has 1 saturated heterocycles.